The maximum atomic E-state index is 6.13. The Hall–Kier alpha value is -1.63. The van der Waals surface area contributed by atoms with Crippen molar-refractivity contribution in [1.82, 2.24) is 20.1 Å². The molecule has 1 heterocycles. The summed E-state index contributed by atoms with van der Waals surface area (Å²) in [6.07, 6.45) is 3.29. The summed E-state index contributed by atoms with van der Waals surface area (Å²) in [6, 6.07) is 5.37. The summed E-state index contributed by atoms with van der Waals surface area (Å²) in [5.74, 6) is 0.403. The zero-order valence-electron chi connectivity index (χ0n) is 11.0. The Bertz CT molecular complexity index is 636. The van der Waals surface area contributed by atoms with E-state index in [0.717, 1.165) is 5.56 Å². The molecule has 0 fully saturated rings. The third-order valence-corrected chi connectivity index (χ3v) is 3.51. The van der Waals surface area contributed by atoms with Gasteiger partial charge in [0.05, 0.1) is 6.54 Å². The monoisotopic (exact) mass is 341 g/mol. The second-order valence-corrected chi connectivity index (χ2v) is 5.31. The first-order chi connectivity index (χ1) is 10.1. The van der Waals surface area contributed by atoms with Gasteiger partial charge in [0.15, 0.2) is 5.11 Å². The maximum absolute atomic E-state index is 6.13. The van der Waals surface area contributed by atoms with E-state index in [2.05, 4.69) is 27.3 Å². The van der Waals surface area contributed by atoms with Crippen molar-refractivity contribution in [2.45, 2.75) is 6.54 Å². The lowest BCUT2D eigenvalue weighted by atomic mass is 10.2. The Morgan fingerprint density at radius 1 is 1.38 bits per heavy atom. The molecule has 1 aromatic heterocycles. The van der Waals surface area contributed by atoms with Crippen LogP contribution < -0.4 is 10.6 Å². The van der Waals surface area contributed by atoms with Gasteiger partial charge in [0.25, 0.3) is 0 Å². The molecule has 5 nitrogen and oxygen atoms in total. The van der Waals surface area contributed by atoms with Crippen LogP contribution in [0.1, 0.15) is 5.56 Å². The zero-order valence-corrected chi connectivity index (χ0v) is 13.3. The topological polar surface area (TPSA) is 54.8 Å². The Kier molecular flexibility index (Phi) is 5.55. The van der Waals surface area contributed by atoms with Crippen LogP contribution in [0.15, 0.2) is 37.2 Å². The quantitative estimate of drug-likeness (QED) is 0.646. The van der Waals surface area contributed by atoms with Gasteiger partial charge in [0, 0.05) is 22.2 Å². The highest BCUT2D eigenvalue weighted by molar-refractivity contribution is 7.80. The predicted molar refractivity (Wildman–Crippen MR) is 90.0 cm³/mol. The minimum Gasteiger partial charge on any atom is -0.359 e. The van der Waals surface area contributed by atoms with Crippen molar-refractivity contribution in [2.75, 3.05) is 11.9 Å². The molecule has 21 heavy (non-hydrogen) atoms. The molecular formula is C13H13Cl2N5S. The largest absolute Gasteiger partial charge is 0.359 e. The molecule has 0 unspecified atom stereocenters. The Morgan fingerprint density at radius 2 is 2.10 bits per heavy atom. The average Bonchev–Trinajstić information content (AvgIpc) is 2.88. The highest BCUT2D eigenvalue weighted by atomic mass is 35.5. The van der Waals surface area contributed by atoms with Crippen LogP contribution in [0.2, 0.25) is 10.0 Å². The van der Waals surface area contributed by atoms with Crippen LogP contribution in [-0.2, 0) is 6.54 Å². The minimum absolute atomic E-state index is 0.403. The number of nitrogens with zero attached hydrogens (tertiary/aromatic N) is 3. The molecule has 0 atom stereocenters. The molecule has 0 saturated carbocycles. The molecule has 0 amide bonds. The predicted octanol–water partition coefficient (Wildman–Crippen LogP) is 3.11. The zero-order chi connectivity index (χ0) is 15.2. The van der Waals surface area contributed by atoms with Gasteiger partial charge in [-0.05, 0) is 24.4 Å². The van der Waals surface area contributed by atoms with E-state index in [9.17, 15) is 0 Å². The highest BCUT2D eigenvalue weighted by Gasteiger charge is 2.08. The van der Waals surface area contributed by atoms with E-state index >= 15 is 0 Å². The Labute approximate surface area is 138 Å². The summed E-state index contributed by atoms with van der Waals surface area (Å²) in [7, 11) is 0. The molecule has 0 saturated heterocycles. The lowest BCUT2D eigenvalue weighted by Gasteiger charge is -2.06. The summed E-state index contributed by atoms with van der Waals surface area (Å²) in [5, 5.41) is 11.7. The first-order valence-corrected chi connectivity index (χ1v) is 7.24. The van der Waals surface area contributed by atoms with Gasteiger partial charge < -0.3 is 5.32 Å². The molecule has 0 aliphatic carbocycles. The van der Waals surface area contributed by atoms with Crippen LogP contribution in [0.3, 0.4) is 0 Å². The summed E-state index contributed by atoms with van der Waals surface area (Å²) < 4.78 is 1.63. The van der Waals surface area contributed by atoms with Crippen molar-refractivity contribution in [2.24, 2.45) is 0 Å². The number of benzene rings is 1. The molecule has 0 spiro atoms. The van der Waals surface area contributed by atoms with Gasteiger partial charge in [-0.15, -0.1) is 11.7 Å². The molecule has 1 aromatic carbocycles. The lowest BCUT2D eigenvalue weighted by Crippen LogP contribution is -2.28. The fourth-order valence-corrected chi connectivity index (χ4v) is 2.28. The molecule has 2 rings (SSSR count). The van der Waals surface area contributed by atoms with Gasteiger partial charge in [0.1, 0.15) is 6.33 Å². The molecule has 0 aliphatic heterocycles. The second-order valence-electron chi connectivity index (χ2n) is 4.09. The van der Waals surface area contributed by atoms with Crippen molar-refractivity contribution >= 4 is 46.5 Å². The number of rotatable bonds is 5. The summed E-state index contributed by atoms with van der Waals surface area (Å²) in [5.41, 5.74) is 0.796. The van der Waals surface area contributed by atoms with Gasteiger partial charge in [-0.25, -0.2) is 9.67 Å². The highest BCUT2D eigenvalue weighted by Crippen LogP contribution is 2.24. The van der Waals surface area contributed by atoms with Crippen LogP contribution in [0.4, 0.5) is 5.95 Å². The van der Waals surface area contributed by atoms with Crippen LogP contribution in [-0.4, -0.2) is 26.4 Å². The maximum Gasteiger partial charge on any atom is 0.248 e. The van der Waals surface area contributed by atoms with E-state index in [4.69, 9.17) is 35.4 Å². The van der Waals surface area contributed by atoms with Crippen molar-refractivity contribution in [3.8, 4) is 0 Å². The molecule has 0 radical (unpaired) electrons. The lowest BCUT2D eigenvalue weighted by molar-refractivity contribution is 0.687. The van der Waals surface area contributed by atoms with Crippen molar-refractivity contribution in [3.63, 3.8) is 0 Å². The standard InChI is InChI=1S/C13H13Cl2N5S/c1-2-6-16-13(21)18-12-17-8-20(19-12)7-9-10(14)4-3-5-11(9)15/h2-5,8H,1,6-7H2,(H2,16,18,19,21). The third-order valence-electron chi connectivity index (χ3n) is 2.55. The van der Waals surface area contributed by atoms with Gasteiger partial charge in [-0.3, -0.25) is 5.32 Å². The summed E-state index contributed by atoms with van der Waals surface area (Å²) in [4.78, 5) is 4.12. The number of halogens is 2. The summed E-state index contributed by atoms with van der Waals surface area (Å²) >= 11 is 17.3. The molecule has 2 aromatic rings. The molecular weight excluding hydrogens is 329 g/mol. The van der Waals surface area contributed by atoms with Crippen LogP contribution in [0.5, 0.6) is 0 Å². The van der Waals surface area contributed by atoms with Gasteiger partial charge in [-0.2, -0.15) is 0 Å². The minimum atomic E-state index is 0.403. The number of hydrogen-bond donors (Lipinski definition) is 2. The second kappa shape index (κ2) is 7.40. The van der Waals surface area contributed by atoms with Gasteiger partial charge >= 0.3 is 0 Å². The SMILES string of the molecule is C=CCNC(=S)Nc1ncn(Cc2c(Cl)cccc2Cl)n1. The molecule has 110 valence electrons. The van der Waals surface area contributed by atoms with Gasteiger partial charge in [-0.1, -0.05) is 35.3 Å². The number of hydrogen-bond acceptors (Lipinski definition) is 3. The molecule has 0 aliphatic rings. The first kappa shape index (κ1) is 15.8. The van der Waals surface area contributed by atoms with E-state index in [1.165, 1.54) is 0 Å². The normalized spacial score (nSPS) is 10.2. The first-order valence-electron chi connectivity index (χ1n) is 6.08. The van der Waals surface area contributed by atoms with E-state index in [1.54, 1.807) is 35.3 Å². The number of thiocarbonyl (C=S) groups is 1. The van der Waals surface area contributed by atoms with Gasteiger partial charge in [0.2, 0.25) is 5.95 Å². The average molecular weight is 342 g/mol. The van der Waals surface area contributed by atoms with Crippen molar-refractivity contribution in [3.05, 3.63) is 52.8 Å². The smallest absolute Gasteiger partial charge is 0.248 e. The Balaban J connectivity index is 2.03. The van der Waals surface area contributed by atoms with E-state index in [1.807, 2.05) is 0 Å². The van der Waals surface area contributed by atoms with E-state index in [-0.39, 0.29) is 0 Å². The van der Waals surface area contributed by atoms with Crippen molar-refractivity contribution < 1.29 is 0 Å². The fraction of sp³-hybridized carbons (Fsp3) is 0.154. The van der Waals surface area contributed by atoms with Crippen LogP contribution in [0, 0.1) is 0 Å². The molecule has 8 heteroatoms. The summed E-state index contributed by atoms with van der Waals surface area (Å²) in [6.45, 7) is 4.60. The fourth-order valence-electron chi connectivity index (χ4n) is 1.58. The molecule has 2 N–H and O–H groups in total. The van der Waals surface area contributed by atoms with Crippen molar-refractivity contribution in [1.29, 1.82) is 0 Å². The van der Waals surface area contributed by atoms with E-state index < -0.39 is 0 Å². The van der Waals surface area contributed by atoms with Crippen LogP contribution >= 0.6 is 35.4 Å². The number of anilines is 1. The number of aromatic nitrogens is 3. The number of nitrogens with one attached hydrogen (secondary N) is 2. The third kappa shape index (κ3) is 4.42. The van der Waals surface area contributed by atoms with Crippen LogP contribution in [0.25, 0.3) is 0 Å². The van der Waals surface area contributed by atoms with E-state index in [0.29, 0.717) is 34.2 Å². The molecule has 0 bridgehead atoms. The Morgan fingerprint density at radius 3 is 2.76 bits per heavy atom.